The average Bonchev–Trinajstić information content (AvgIpc) is 2.77. The first-order valence-corrected chi connectivity index (χ1v) is 11.3. The molecule has 0 unspecified atom stereocenters. The fraction of sp³-hybridized carbons (Fsp3) is 0.0435. The van der Waals surface area contributed by atoms with Gasteiger partial charge in [-0.2, -0.15) is 5.26 Å². The summed E-state index contributed by atoms with van der Waals surface area (Å²) in [6, 6.07) is 17.9. The molecule has 0 saturated heterocycles. The molecule has 0 heterocycles. The van der Waals surface area contributed by atoms with E-state index in [0.717, 1.165) is 0 Å². The Balaban J connectivity index is 1.86. The Morgan fingerprint density at radius 1 is 1.18 bits per heavy atom. The highest BCUT2D eigenvalue weighted by molar-refractivity contribution is 9.11. The molecule has 33 heavy (non-hydrogen) atoms. The van der Waals surface area contributed by atoms with Crippen LogP contribution in [0.15, 0.2) is 75.2 Å². The van der Waals surface area contributed by atoms with E-state index in [9.17, 15) is 20.2 Å². The van der Waals surface area contributed by atoms with Gasteiger partial charge in [-0.3, -0.25) is 14.9 Å². The summed E-state index contributed by atoms with van der Waals surface area (Å²) >= 11 is 12.8. The number of nitrogens with zero attached hydrogens (tertiary/aromatic N) is 2. The largest absolute Gasteiger partial charge is 0.487 e. The monoisotopic (exact) mass is 589 g/mol. The van der Waals surface area contributed by atoms with Crippen molar-refractivity contribution in [3.05, 3.63) is 101 Å². The SMILES string of the molecule is N#C/C(=C\c1cc(Br)cc(Br)c1OCc1ccc([N+](=O)[O-])cc1)C(=O)Nc1cccc(Cl)c1. The summed E-state index contributed by atoms with van der Waals surface area (Å²) in [5, 5.41) is 23.5. The fourth-order valence-corrected chi connectivity index (χ4v) is 4.34. The minimum Gasteiger partial charge on any atom is -0.487 e. The van der Waals surface area contributed by atoms with Crippen LogP contribution in [0.3, 0.4) is 0 Å². The lowest BCUT2D eigenvalue weighted by atomic mass is 10.1. The van der Waals surface area contributed by atoms with Crippen molar-refractivity contribution < 1.29 is 14.5 Å². The number of nitro benzene ring substituents is 1. The van der Waals surface area contributed by atoms with Crippen LogP contribution in [0, 0.1) is 21.4 Å². The number of nitro groups is 1. The summed E-state index contributed by atoms with van der Waals surface area (Å²) in [4.78, 5) is 23.0. The smallest absolute Gasteiger partial charge is 0.269 e. The molecule has 3 rings (SSSR count). The Morgan fingerprint density at radius 3 is 2.55 bits per heavy atom. The molecular weight excluding hydrogens is 578 g/mol. The lowest BCUT2D eigenvalue weighted by Gasteiger charge is -2.13. The molecule has 1 N–H and O–H groups in total. The number of anilines is 1. The van der Waals surface area contributed by atoms with Gasteiger partial charge < -0.3 is 10.1 Å². The Labute approximate surface area is 211 Å². The zero-order valence-electron chi connectivity index (χ0n) is 16.7. The highest BCUT2D eigenvalue weighted by atomic mass is 79.9. The van der Waals surface area contributed by atoms with E-state index < -0.39 is 10.8 Å². The maximum absolute atomic E-state index is 12.6. The van der Waals surface area contributed by atoms with Crippen molar-refractivity contribution >= 4 is 66.8 Å². The second kappa shape index (κ2) is 11.1. The number of carbonyl (C=O) groups excluding carboxylic acids is 1. The summed E-state index contributed by atoms with van der Waals surface area (Å²) in [5.41, 5.74) is 1.50. The summed E-state index contributed by atoms with van der Waals surface area (Å²) in [7, 11) is 0. The Morgan fingerprint density at radius 2 is 1.91 bits per heavy atom. The first kappa shape index (κ1) is 24.5. The molecule has 0 saturated carbocycles. The molecule has 3 aromatic rings. The van der Waals surface area contributed by atoms with Crippen LogP contribution in [0.2, 0.25) is 5.02 Å². The maximum Gasteiger partial charge on any atom is 0.269 e. The molecule has 3 aromatic carbocycles. The van der Waals surface area contributed by atoms with Gasteiger partial charge in [0.2, 0.25) is 0 Å². The second-order valence-corrected chi connectivity index (χ2v) is 8.86. The van der Waals surface area contributed by atoms with Gasteiger partial charge in [0.25, 0.3) is 11.6 Å². The third-order valence-electron chi connectivity index (χ3n) is 4.31. The number of rotatable bonds is 7. The van der Waals surface area contributed by atoms with Gasteiger partial charge in [-0.05, 0) is 70.0 Å². The highest BCUT2D eigenvalue weighted by Crippen LogP contribution is 2.35. The lowest BCUT2D eigenvalue weighted by Crippen LogP contribution is -2.13. The average molecular weight is 592 g/mol. The van der Waals surface area contributed by atoms with Gasteiger partial charge in [0.1, 0.15) is 24.0 Å². The molecule has 0 aliphatic heterocycles. The fourth-order valence-electron chi connectivity index (χ4n) is 2.78. The number of non-ortho nitro benzene ring substituents is 1. The standard InChI is InChI=1S/C23H14Br2ClN3O4/c24-17-9-15(8-16(12-27)23(30)28-19-3-1-2-18(26)11-19)22(21(25)10-17)33-13-14-4-6-20(7-5-14)29(31)32/h1-11H,13H2,(H,28,30)/b16-8+. The van der Waals surface area contributed by atoms with Gasteiger partial charge in [0.05, 0.1) is 9.40 Å². The predicted octanol–water partition coefficient (Wildman–Crippen LogP) is 6.90. The van der Waals surface area contributed by atoms with E-state index in [4.69, 9.17) is 16.3 Å². The van der Waals surface area contributed by atoms with Crippen LogP contribution in [0.1, 0.15) is 11.1 Å². The first-order valence-electron chi connectivity index (χ1n) is 9.30. The van der Waals surface area contributed by atoms with Crippen LogP contribution in [0.5, 0.6) is 5.75 Å². The van der Waals surface area contributed by atoms with Gasteiger partial charge in [-0.1, -0.05) is 33.6 Å². The Bertz CT molecular complexity index is 1290. The molecule has 0 aromatic heterocycles. The zero-order valence-corrected chi connectivity index (χ0v) is 20.6. The van der Waals surface area contributed by atoms with E-state index in [-0.39, 0.29) is 17.9 Å². The minimum atomic E-state index is -0.600. The number of hydrogen-bond donors (Lipinski definition) is 1. The molecule has 7 nitrogen and oxygen atoms in total. The van der Waals surface area contributed by atoms with Crippen molar-refractivity contribution in [1.82, 2.24) is 0 Å². The van der Waals surface area contributed by atoms with E-state index in [1.54, 1.807) is 48.5 Å². The summed E-state index contributed by atoms with van der Waals surface area (Å²) in [6.45, 7) is 0.121. The van der Waals surface area contributed by atoms with Crippen LogP contribution < -0.4 is 10.1 Å². The molecule has 0 atom stereocenters. The van der Waals surface area contributed by atoms with Crippen LogP contribution in [0.4, 0.5) is 11.4 Å². The van der Waals surface area contributed by atoms with Gasteiger partial charge >= 0.3 is 0 Å². The number of halogens is 3. The second-order valence-electron chi connectivity index (χ2n) is 6.65. The van der Waals surface area contributed by atoms with Crippen molar-refractivity contribution in [3.8, 4) is 11.8 Å². The number of benzene rings is 3. The number of amides is 1. The topological polar surface area (TPSA) is 105 Å². The molecule has 166 valence electrons. The molecule has 0 bridgehead atoms. The third kappa shape index (κ3) is 6.65. The van der Waals surface area contributed by atoms with E-state index >= 15 is 0 Å². The van der Waals surface area contributed by atoms with E-state index in [1.807, 2.05) is 6.07 Å². The zero-order chi connectivity index (χ0) is 24.0. The number of carbonyl (C=O) groups is 1. The van der Waals surface area contributed by atoms with Crippen LogP contribution >= 0.6 is 43.5 Å². The van der Waals surface area contributed by atoms with Gasteiger partial charge in [-0.25, -0.2) is 0 Å². The van der Waals surface area contributed by atoms with Crippen molar-refractivity contribution in [1.29, 1.82) is 5.26 Å². The van der Waals surface area contributed by atoms with Crippen LogP contribution in [0.25, 0.3) is 6.08 Å². The van der Waals surface area contributed by atoms with Gasteiger partial charge in [0, 0.05) is 32.9 Å². The molecule has 0 aliphatic carbocycles. The number of nitrogens with one attached hydrogen (secondary N) is 1. The Kier molecular flexibility index (Phi) is 8.22. The predicted molar refractivity (Wildman–Crippen MR) is 133 cm³/mol. The number of hydrogen-bond acceptors (Lipinski definition) is 5. The van der Waals surface area contributed by atoms with Crippen LogP contribution in [-0.4, -0.2) is 10.8 Å². The van der Waals surface area contributed by atoms with E-state index in [2.05, 4.69) is 37.2 Å². The van der Waals surface area contributed by atoms with Crippen molar-refractivity contribution in [3.63, 3.8) is 0 Å². The number of nitriles is 1. The van der Waals surface area contributed by atoms with Gasteiger partial charge in [0.15, 0.2) is 0 Å². The van der Waals surface area contributed by atoms with E-state index in [0.29, 0.717) is 36.5 Å². The van der Waals surface area contributed by atoms with Crippen LogP contribution in [-0.2, 0) is 11.4 Å². The molecule has 0 spiro atoms. The lowest BCUT2D eigenvalue weighted by molar-refractivity contribution is -0.384. The quantitative estimate of drug-likeness (QED) is 0.139. The third-order valence-corrected chi connectivity index (χ3v) is 5.60. The highest BCUT2D eigenvalue weighted by Gasteiger charge is 2.15. The molecular formula is C23H14Br2ClN3O4. The molecule has 0 fully saturated rings. The molecule has 0 radical (unpaired) electrons. The summed E-state index contributed by atoms with van der Waals surface area (Å²) in [6.07, 6.45) is 1.42. The van der Waals surface area contributed by atoms with E-state index in [1.165, 1.54) is 18.2 Å². The summed E-state index contributed by atoms with van der Waals surface area (Å²) in [5.74, 6) is -0.197. The van der Waals surface area contributed by atoms with Crippen molar-refractivity contribution in [2.45, 2.75) is 6.61 Å². The van der Waals surface area contributed by atoms with Crippen molar-refractivity contribution in [2.24, 2.45) is 0 Å². The maximum atomic E-state index is 12.6. The van der Waals surface area contributed by atoms with Crippen molar-refractivity contribution in [2.75, 3.05) is 5.32 Å². The minimum absolute atomic E-state index is 0.0171. The summed E-state index contributed by atoms with van der Waals surface area (Å²) < 4.78 is 7.23. The normalized spacial score (nSPS) is 10.9. The number of ether oxygens (including phenoxy) is 1. The van der Waals surface area contributed by atoms with Gasteiger partial charge in [-0.15, -0.1) is 0 Å². The first-order chi connectivity index (χ1) is 15.8. The molecule has 1 amide bonds. The molecule has 10 heteroatoms. The Hall–Kier alpha value is -3.19. The molecule has 0 aliphatic rings.